The summed E-state index contributed by atoms with van der Waals surface area (Å²) in [6.45, 7) is 9.24. The van der Waals surface area contributed by atoms with Crippen LogP contribution >= 0.6 is 34.5 Å². The van der Waals surface area contributed by atoms with Crippen molar-refractivity contribution in [3.63, 3.8) is 0 Å². The van der Waals surface area contributed by atoms with Crippen molar-refractivity contribution in [3.8, 4) is 5.75 Å². The molecule has 0 fully saturated rings. The maximum absolute atomic E-state index is 13.6. The second kappa shape index (κ2) is 9.96. The minimum atomic E-state index is -0.200. The number of nitrogens with zero attached hydrogens (tertiary/aromatic N) is 3. The third kappa shape index (κ3) is 4.72. The van der Waals surface area contributed by atoms with Crippen LogP contribution in [-0.4, -0.2) is 49.1 Å². The molecule has 0 spiro atoms. The van der Waals surface area contributed by atoms with Gasteiger partial charge in [-0.25, -0.2) is 4.98 Å². The second-order valence-electron chi connectivity index (χ2n) is 6.87. The topological polar surface area (TPSA) is 45.7 Å². The van der Waals surface area contributed by atoms with E-state index < -0.39 is 0 Å². The van der Waals surface area contributed by atoms with Crippen LogP contribution in [0.1, 0.15) is 29.8 Å². The molecule has 2 aromatic carbocycles. The maximum atomic E-state index is 13.6. The Labute approximate surface area is 191 Å². The normalized spacial score (nSPS) is 11.3. The first-order valence-corrected chi connectivity index (χ1v) is 11.4. The molecule has 0 N–H and O–H groups in total. The Kier molecular flexibility index (Phi) is 7.58. The lowest BCUT2D eigenvalue weighted by molar-refractivity contribution is 0.0981. The first kappa shape index (κ1) is 22.8. The van der Waals surface area contributed by atoms with Crippen LogP contribution in [0.4, 0.5) is 5.13 Å². The highest BCUT2D eigenvalue weighted by molar-refractivity contribution is 7.23. The number of fused-ring (bicyclic) bond motifs is 1. The maximum Gasteiger partial charge on any atom is 0.263 e. The van der Waals surface area contributed by atoms with Crippen LogP contribution in [0.2, 0.25) is 10.0 Å². The Balaban J connectivity index is 2.07. The number of anilines is 1. The van der Waals surface area contributed by atoms with Crippen LogP contribution in [0, 0.1) is 6.92 Å². The van der Waals surface area contributed by atoms with E-state index in [4.69, 9.17) is 32.9 Å². The van der Waals surface area contributed by atoms with Gasteiger partial charge in [-0.3, -0.25) is 9.69 Å². The molecule has 160 valence electrons. The van der Waals surface area contributed by atoms with Gasteiger partial charge >= 0.3 is 0 Å². The number of rotatable bonds is 8. The summed E-state index contributed by atoms with van der Waals surface area (Å²) in [7, 11) is 1.54. The van der Waals surface area contributed by atoms with Gasteiger partial charge in [0.1, 0.15) is 5.75 Å². The van der Waals surface area contributed by atoms with Gasteiger partial charge in [0.15, 0.2) is 5.13 Å². The molecule has 0 saturated heterocycles. The molecule has 30 heavy (non-hydrogen) atoms. The van der Waals surface area contributed by atoms with Crippen LogP contribution in [0.3, 0.4) is 0 Å². The fourth-order valence-electron chi connectivity index (χ4n) is 3.26. The number of methoxy groups -OCH3 is 1. The molecular weight excluding hydrogens is 441 g/mol. The molecule has 0 saturated carbocycles. The summed E-state index contributed by atoms with van der Waals surface area (Å²) in [5, 5.41) is 1.72. The number of carbonyl (C=O) groups is 1. The predicted octanol–water partition coefficient (Wildman–Crippen LogP) is 5.91. The number of likely N-dealkylation sites (N-methyl/N-ethyl adjacent to an activating group) is 1. The van der Waals surface area contributed by atoms with E-state index in [0.29, 0.717) is 33.0 Å². The van der Waals surface area contributed by atoms with Crippen molar-refractivity contribution in [2.45, 2.75) is 20.8 Å². The van der Waals surface area contributed by atoms with Gasteiger partial charge in [0.25, 0.3) is 5.91 Å². The molecule has 1 amide bonds. The number of carbonyl (C=O) groups excluding carboxylic acids is 1. The molecule has 8 heteroatoms. The number of aromatic nitrogens is 1. The largest absolute Gasteiger partial charge is 0.496 e. The zero-order valence-corrected chi connectivity index (χ0v) is 19.9. The van der Waals surface area contributed by atoms with Crippen LogP contribution in [0.25, 0.3) is 10.2 Å². The molecule has 0 unspecified atom stereocenters. The van der Waals surface area contributed by atoms with Crippen molar-refractivity contribution in [1.29, 1.82) is 0 Å². The lowest BCUT2D eigenvalue weighted by Gasteiger charge is -2.25. The van der Waals surface area contributed by atoms with E-state index in [0.717, 1.165) is 35.4 Å². The molecule has 0 aliphatic rings. The van der Waals surface area contributed by atoms with Crippen molar-refractivity contribution >= 4 is 55.8 Å². The van der Waals surface area contributed by atoms with Gasteiger partial charge in [0.2, 0.25) is 0 Å². The van der Waals surface area contributed by atoms with E-state index in [1.54, 1.807) is 30.2 Å². The van der Waals surface area contributed by atoms with Gasteiger partial charge in [0, 0.05) is 18.1 Å². The highest BCUT2D eigenvalue weighted by Crippen LogP contribution is 2.36. The number of ether oxygens (including phenoxy) is 1. The summed E-state index contributed by atoms with van der Waals surface area (Å²) in [6, 6.07) is 8.86. The third-order valence-corrected chi connectivity index (χ3v) is 6.86. The van der Waals surface area contributed by atoms with Crippen molar-refractivity contribution in [2.75, 3.05) is 38.2 Å². The quantitative estimate of drug-likeness (QED) is 0.414. The Morgan fingerprint density at radius 3 is 2.50 bits per heavy atom. The summed E-state index contributed by atoms with van der Waals surface area (Å²) in [5.41, 5.74) is 2.25. The van der Waals surface area contributed by atoms with Crippen molar-refractivity contribution < 1.29 is 9.53 Å². The predicted molar refractivity (Wildman–Crippen MR) is 127 cm³/mol. The van der Waals surface area contributed by atoms with E-state index in [9.17, 15) is 4.79 Å². The van der Waals surface area contributed by atoms with E-state index >= 15 is 0 Å². The van der Waals surface area contributed by atoms with Gasteiger partial charge in [-0.2, -0.15) is 0 Å². The van der Waals surface area contributed by atoms with Crippen molar-refractivity contribution in [3.05, 3.63) is 51.5 Å². The Bertz CT molecular complexity index is 1010. The Hall–Kier alpha value is -1.86. The molecular formula is C22H25Cl2N3O2S. The minimum Gasteiger partial charge on any atom is -0.496 e. The average Bonchev–Trinajstić information content (AvgIpc) is 3.20. The zero-order valence-electron chi connectivity index (χ0n) is 17.5. The molecule has 1 heterocycles. The lowest BCUT2D eigenvalue weighted by Crippen LogP contribution is -2.39. The number of thiazole rings is 1. The molecule has 0 atom stereocenters. The molecule has 0 bridgehead atoms. The fraction of sp³-hybridized carbons (Fsp3) is 0.364. The first-order chi connectivity index (χ1) is 14.4. The number of hydrogen-bond donors (Lipinski definition) is 0. The average molecular weight is 466 g/mol. The third-order valence-electron chi connectivity index (χ3n) is 5.09. The highest BCUT2D eigenvalue weighted by atomic mass is 35.5. The van der Waals surface area contributed by atoms with Gasteiger partial charge in [0.05, 0.1) is 27.9 Å². The standard InChI is InChI=1S/C22H25Cl2N3O2S/c1-5-26(6-2)11-12-27(21(28)16-13-15(23)8-10-18(16)29-4)22-25-19-14(3)7-9-17(24)20(19)30-22/h7-10,13H,5-6,11-12H2,1-4H3. The van der Waals surface area contributed by atoms with Crippen molar-refractivity contribution in [1.82, 2.24) is 9.88 Å². The zero-order chi connectivity index (χ0) is 21.8. The van der Waals surface area contributed by atoms with Crippen LogP contribution < -0.4 is 9.64 Å². The van der Waals surface area contributed by atoms with E-state index in [1.165, 1.54) is 11.3 Å². The van der Waals surface area contributed by atoms with Gasteiger partial charge in [-0.05, 0) is 49.8 Å². The monoisotopic (exact) mass is 465 g/mol. The number of hydrogen-bond acceptors (Lipinski definition) is 5. The van der Waals surface area contributed by atoms with Crippen molar-refractivity contribution in [2.24, 2.45) is 0 Å². The summed E-state index contributed by atoms with van der Waals surface area (Å²) in [4.78, 5) is 22.4. The summed E-state index contributed by atoms with van der Waals surface area (Å²) >= 11 is 14.0. The van der Waals surface area contributed by atoms with Gasteiger partial charge in [-0.1, -0.05) is 54.5 Å². The molecule has 0 radical (unpaired) electrons. The molecule has 5 nitrogen and oxygen atoms in total. The Morgan fingerprint density at radius 2 is 1.87 bits per heavy atom. The number of amides is 1. The molecule has 3 rings (SSSR count). The van der Waals surface area contributed by atoms with Gasteiger partial charge < -0.3 is 9.64 Å². The lowest BCUT2D eigenvalue weighted by atomic mass is 10.1. The van der Waals surface area contributed by atoms with Crippen LogP contribution in [-0.2, 0) is 0 Å². The first-order valence-electron chi connectivity index (χ1n) is 9.82. The summed E-state index contributed by atoms with van der Waals surface area (Å²) in [5.74, 6) is 0.280. The number of halogens is 2. The number of benzene rings is 2. The Morgan fingerprint density at radius 1 is 1.13 bits per heavy atom. The SMILES string of the molecule is CCN(CC)CCN(C(=O)c1cc(Cl)ccc1OC)c1nc2c(C)ccc(Cl)c2s1. The molecule has 0 aliphatic carbocycles. The summed E-state index contributed by atoms with van der Waals surface area (Å²) < 4.78 is 6.30. The second-order valence-corrected chi connectivity index (χ2v) is 8.69. The van der Waals surface area contributed by atoms with Crippen LogP contribution in [0.15, 0.2) is 30.3 Å². The summed E-state index contributed by atoms with van der Waals surface area (Å²) in [6.07, 6.45) is 0. The molecule has 1 aromatic heterocycles. The minimum absolute atomic E-state index is 0.200. The number of aryl methyl sites for hydroxylation is 1. The molecule has 0 aliphatic heterocycles. The van der Waals surface area contributed by atoms with E-state index in [-0.39, 0.29) is 5.91 Å². The fourth-order valence-corrected chi connectivity index (χ4v) is 4.78. The van der Waals surface area contributed by atoms with Gasteiger partial charge in [-0.15, -0.1) is 0 Å². The smallest absolute Gasteiger partial charge is 0.263 e. The van der Waals surface area contributed by atoms with E-state index in [2.05, 4.69) is 18.7 Å². The van der Waals surface area contributed by atoms with E-state index in [1.807, 2.05) is 19.1 Å². The van der Waals surface area contributed by atoms with Crippen LogP contribution in [0.5, 0.6) is 5.75 Å². The molecule has 3 aromatic rings. The highest BCUT2D eigenvalue weighted by Gasteiger charge is 2.25.